The molecule has 0 saturated carbocycles. The smallest absolute Gasteiger partial charge is 0.307 e. The summed E-state index contributed by atoms with van der Waals surface area (Å²) in [4.78, 5) is 25.2. The fourth-order valence-electron chi connectivity index (χ4n) is 1.32. The predicted molar refractivity (Wildman–Crippen MR) is 67.5 cm³/mol. The molecule has 0 aliphatic rings. The maximum atomic E-state index is 12.0. The van der Waals surface area contributed by atoms with Gasteiger partial charge in [-0.2, -0.15) is 0 Å². The number of carbonyl (C=O) groups is 2. The maximum Gasteiger partial charge on any atom is 0.307 e. The molecule has 6 heteroatoms. The van der Waals surface area contributed by atoms with E-state index in [1.54, 1.807) is 17.0 Å². The summed E-state index contributed by atoms with van der Waals surface area (Å²) in [6.45, 7) is 2.77. The number of hydrogen-bond donors (Lipinski definition) is 0. The Hall–Kier alpha value is -1.07. The molecule has 0 N–H and O–H groups in total. The molecule has 0 aliphatic heterocycles. The van der Waals surface area contributed by atoms with E-state index in [9.17, 15) is 9.59 Å². The Morgan fingerprint density at radius 3 is 2.65 bits per heavy atom. The summed E-state index contributed by atoms with van der Waals surface area (Å²) < 4.78 is 5.12. The number of hydrogen-bond acceptors (Lipinski definition) is 4. The second-order valence-electron chi connectivity index (χ2n) is 3.31. The fourth-order valence-corrected chi connectivity index (χ4v) is 2.33. The lowest BCUT2D eigenvalue weighted by Gasteiger charge is -2.19. The lowest BCUT2D eigenvalue weighted by molar-refractivity contribution is -0.140. The van der Waals surface area contributed by atoms with E-state index in [-0.39, 0.29) is 18.3 Å². The van der Waals surface area contributed by atoms with Gasteiger partial charge in [0.05, 0.1) is 22.7 Å². The van der Waals surface area contributed by atoms with Crippen molar-refractivity contribution in [1.82, 2.24) is 4.90 Å². The molecule has 4 nitrogen and oxygen atoms in total. The summed E-state index contributed by atoms with van der Waals surface area (Å²) in [5.41, 5.74) is 0. The number of ether oxygens (including phenoxy) is 1. The summed E-state index contributed by atoms with van der Waals surface area (Å²) in [5, 5.41) is 0. The topological polar surface area (TPSA) is 46.6 Å². The van der Waals surface area contributed by atoms with Crippen LogP contribution in [0.1, 0.15) is 23.0 Å². The van der Waals surface area contributed by atoms with Crippen LogP contribution in [0.5, 0.6) is 0 Å². The van der Waals surface area contributed by atoms with Crippen LogP contribution in [0, 0.1) is 0 Å². The lowest BCUT2D eigenvalue weighted by atomic mass is 10.3. The van der Waals surface area contributed by atoms with Gasteiger partial charge in [0.1, 0.15) is 0 Å². The van der Waals surface area contributed by atoms with E-state index in [0.717, 1.165) is 0 Å². The van der Waals surface area contributed by atoms with Gasteiger partial charge in [0.2, 0.25) is 0 Å². The quantitative estimate of drug-likeness (QED) is 0.776. The van der Waals surface area contributed by atoms with Crippen LogP contribution in [0.4, 0.5) is 0 Å². The summed E-state index contributed by atoms with van der Waals surface area (Å²) in [6.07, 6.45) is 0.204. The molecule has 0 radical (unpaired) electrons. The summed E-state index contributed by atoms with van der Waals surface area (Å²) in [7, 11) is 1.33. The zero-order chi connectivity index (χ0) is 12.8. The van der Waals surface area contributed by atoms with E-state index in [2.05, 4.69) is 4.74 Å². The first-order valence-electron chi connectivity index (χ1n) is 5.20. The fraction of sp³-hybridized carbons (Fsp3) is 0.455. The van der Waals surface area contributed by atoms with Gasteiger partial charge in [0, 0.05) is 13.1 Å². The van der Waals surface area contributed by atoms with E-state index in [0.29, 0.717) is 22.3 Å². The van der Waals surface area contributed by atoms with Crippen molar-refractivity contribution >= 4 is 34.8 Å². The van der Waals surface area contributed by atoms with E-state index < -0.39 is 0 Å². The summed E-state index contributed by atoms with van der Waals surface area (Å²) in [5.74, 6) is -0.422. The highest BCUT2D eigenvalue weighted by molar-refractivity contribution is 7.17. The first-order chi connectivity index (χ1) is 8.08. The van der Waals surface area contributed by atoms with Gasteiger partial charge in [-0.3, -0.25) is 9.59 Å². The number of amides is 1. The molecule has 0 atom stereocenters. The van der Waals surface area contributed by atoms with E-state index in [1.165, 1.54) is 18.4 Å². The van der Waals surface area contributed by atoms with Gasteiger partial charge in [0.25, 0.3) is 5.91 Å². The van der Waals surface area contributed by atoms with Crippen LogP contribution < -0.4 is 0 Å². The molecule has 0 aliphatic carbocycles. The standard InChI is InChI=1S/C11H14ClNO3S/c1-3-13(7-6-10(14)16-2)11(15)8-4-5-9(12)17-8/h4-5H,3,6-7H2,1-2H3. The number of halogens is 1. The summed E-state index contributed by atoms with van der Waals surface area (Å²) in [6, 6.07) is 3.38. The number of methoxy groups -OCH3 is 1. The Labute approximate surface area is 109 Å². The zero-order valence-corrected chi connectivity index (χ0v) is 11.3. The molecule has 1 amide bonds. The van der Waals surface area contributed by atoms with Crippen molar-refractivity contribution in [3.05, 3.63) is 21.3 Å². The van der Waals surface area contributed by atoms with Gasteiger partial charge < -0.3 is 9.64 Å². The Morgan fingerprint density at radius 2 is 2.18 bits per heavy atom. The van der Waals surface area contributed by atoms with Gasteiger partial charge in [-0.25, -0.2) is 0 Å². The molecule has 0 spiro atoms. The largest absolute Gasteiger partial charge is 0.469 e. The Morgan fingerprint density at radius 1 is 1.47 bits per heavy atom. The molecular formula is C11H14ClNO3S. The highest BCUT2D eigenvalue weighted by Gasteiger charge is 2.17. The van der Waals surface area contributed by atoms with Crippen molar-refractivity contribution in [3.63, 3.8) is 0 Å². The van der Waals surface area contributed by atoms with Crippen molar-refractivity contribution < 1.29 is 14.3 Å². The molecule has 0 bridgehead atoms. The van der Waals surface area contributed by atoms with Crippen LogP contribution >= 0.6 is 22.9 Å². The van der Waals surface area contributed by atoms with Crippen molar-refractivity contribution in [2.45, 2.75) is 13.3 Å². The highest BCUT2D eigenvalue weighted by atomic mass is 35.5. The van der Waals surface area contributed by atoms with Crippen LogP contribution in [0.15, 0.2) is 12.1 Å². The molecule has 0 aromatic carbocycles. The molecule has 0 fully saturated rings. The van der Waals surface area contributed by atoms with Gasteiger partial charge >= 0.3 is 5.97 Å². The van der Waals surface area contributed by atoms with Crippen molar-refractivity contribution in [1.29, 1.82) is 0 Å². The van der Waals surface area contributed by atoms with Crippen LogP contribution in [0.25, 0.3) is 0 Å². The SMILES string of the molecule is CCN(CCC(=O)OC)C(=O)c1ccc(Cl)s1. The highest BCUT2D eigenvalue weighted by Crippen LogP contribution is 2.22. The minimum Gasteiger partial charge on any atom is -0.469 e. The molecular weight excluding hydrogens is 262 g/mol. The minimum atomic E-state index is -0.319. The van der Waals surface area contributed by atoms with Gasteiger partial charge in [-0.05, 0) is 19.1 Å². The molecule has 94 valence electrons. The Balaban J connectivity index is 2.61. The second kappa shape index (κ2) is 6.61. The Kier molecular flexibility index (Phi) is 5.44. The summed E-state index contributed by atoms with van der Waals surface area (Å²) >= 11 is 7.01. The average Bonchev–Trinajstić information content (AvgIpc) is 2.76. The molecule has 1 heterocycles. The van der Waals surface area contributed by atoms with Gasteiger partial charge in [0.15, 0.2) is 0 Å². The monoisotopic (exact) mass is 275 g/mol. The minimum absolute atomic E-state index is 0.103. The normalized spacial score (nSPS) is 10.1. The lowest BCUT2D eigenvalue weighted by Crippen LogP contribution is -2.32. The number of rotatable bonds is 5. The molecule has 17 heavy (non-hydrogen) atoms. The zero-order valence-electron chi connectivity index (χ0n) is 9.73. The van der Waals surface area contributed by atoms with Crippen LogP contribution in [-0.4, -0.2) is 37.0 Å². The van der Waals surface area contributed by atoms with Gasteiger partial charge in [-0.1, -0.05) is 11.6 Å². The average molecular weight is 276 g/mol. The van der Waals surface area contributed by atoms with Gasteiger partial charge in [-0.15, -0.1) is 11.3 Å². The van der Waals surface area contributed by atoms with E-state index in [1.807, 2.05) is 6.92 Å². The third-order valence-corrected chi connectivity index (χ3v) is 3.49. The van der Waals surface area contributed by atoms with Crippen LogP contribution in [0.3, 0.4) is 0 Å². The van der Waals surface area contributed by atoms with Crippen LogP contribution in [0.2, 0.25) is 4.34 Å². The third kappa shape index (κ3) is 4.02. The molecule has 1 rings (SSSR count). The Bertz CT molecular complexity index is 405. The number of esters is 1. The van der Waals surface area contributed by atoms with E-state index in [4.69, 9.17) is 11.6 Å². The van der Waals surface area contributed by atoms with Crippen molar-refractivity contribution in [3.8, 4) is 0 Å². The third-order valence-electron chi connectivity index (χ3n) is 2.27. The van der Waals surface area contributed by atoms with Crippen molar-refractivity contribution in [2.75, 3.05) is 20.2 Å². The second-order valence-corrected chi connectivity index (χ2v) is 5.03. The molecule has 1 aromatic rings. The molecule has 1 aromatic heterocycles. The molecule has 0 unspecified atom stereocenters. The van der Waals surface area contributed by atoms with Crippen LogP contribution in [-0.2, 0) is 9.53 Å². The number of thiophene rings is 1. The molecule has 0 saturated heterocycles. The van der Waals surface area contributed by atoms with E-state index >= 15 is 0 Å². The predicted octanol–water partition coefficient (Wildman–Crippen LogP) is 2.43. The first-order valence-corrected chi connectivity index (χ1v) is 6.39. The first kappa shape index (κ1) is 14.0. The number of nitrogens with zero attached hydrogens (tertiary/aromatic N) is 1. The maximum absolute atomic E-state index is 12.0. The number of carbonyl (C=O) groups excluding carboxylic acids is 2. The van der Waals surface area contributed by atoms with Crippen molar-refractivity contribution in [2.24, 2.45) is 0 Å².